The number of hydrogen-bond acceptors (Lipinski definition) is 3. The number of halogens is 1. The number of aliphatic hydroxyl groups is 1. The zero-order valence-electron chi connectivity index (χ0n) is 9.40. The summed E-state index contributed by atoms with van der Waals surface area (Å²) in [5.41, 5.74) is 0.713. The fourth-order valence-corrected chi connectivity index (χ4v) is 2.43. The van der Waals surface area contributed by atoms with Crippen molar-refractivity contribution in [1.82, 2.24) is 4.98 Å². The van der Waals surface area contributed by atoms with Crippen molar-refractivity contribution in [3.63, 3.8) is 0 Å². The van der Waals surface area contributed by atoms with Gasteiger partial charge in [-0.3, -0.25) is 0 Å². The van der Waals surface area contributed by atoms with E-state index in [9.17, 15) is 4.39 Å². The van der Waals surface area contributed by atoms with Crippen LogP contribution in [0, 0.1) is 5.82 Å². The highest BCUT2D eigenvalue weighted by Gasteiger charge is 2.01. The molecule has 0 unspecified atom stereocenters. The van der Waals surface area contributed by atoms with Gasteiger partial charge in [-0.1, -0.05) is 6.08 Å². The first-order valence-corrected chi connectivity index (χ1v) is 6.45. The molecule has 0 atom stereocenters. The maximum atomic E-state index is 13.0. The highest BCUT2D eigenvalue weighted by molar-refractivity contribution is 7.19. The Morgan fingerprint density at radius 2 is 2.24 bits per heavy atom. The second-order valence-corrected chi connectivity index (χ2v) is 4.85. The minimum Gasteiger partial charge on any atom is -0.396 e. The van der Waals surface area contributed by atoms with Gasteiger partial charge in [0.1, 0.15) is 10.8 Å². The molecule has 0 bridgehead atoms. The van der Waals surface area contributed by atoms with Crippen LogP contribution >= 0.6 is 11.3 Å². The Balaban J connectivity index is 2.04. The molecule has 0 saturated heterocycles. The molecule has 2 rings (SSSR count). The predicted molar refractivity (Wildman–Crippen MR) is 69.5 cm³/mol. The van der Waals surface area contributed by atoms with Gasteiger partial charge in [-0.05, 0) is 37.5 Å². The molecule has 0 saturated carbocycles. The van der Waals surface area contributed by atoms with E-state index >= 15 is 0 Å². The fraction of sp³-hybridized carbons (Fsp3) is 0.308. The topological polar surface area (TPSA) is 33.1 Å². The van der Waals surface area contributed by atoms with Crippen LogP contribution in [0.5, 0.6) is 0 Å². The van der Waals surface area contributed by atoms with E-state index in [4.69, 9.17) is 5.11 Å². The van der Waals surface area contributed by atoms with Gasteiger partial charge in [-0.2, -0.15) is 0 Å². The molecule has 0 aliphatic carbocycles. The third kappa shape index (κ3) is 3.35. The van der Waals surface area contributed by atoms with E-state index in [0.29, 0.717) is 5.52 Å². The lowest BCUT2D eigenvalue weighted by Crippen LogP contribution is -1.80. The van der Waals surface area contributed by atoms with Gasteiger partial charge in [0, 0.05) is 12.7 Å². The first-order chi connectivity index (χ1) is 8.29. The van der Waals surface area contributed by atoms with E-state index in [1.54, 1.807) is 17.4 Å². The van der Waals surface area contributed by atoms with Crippen LogP contribution in [0.25, 0.3) is 16.3 Å². The third-order valence-electron chi connectivity index (χ3n) is 2.41. The summed E-state index contributed by atoms with van der Waals surface area (Å²) in [5.74, 6) is -0.249. The van der Waals surface area contributed by atoms with Gasteiger partial charge in [0.15, 0.2) is 0 Å². The number of allylic oxidation sites excluding steroid dienone is 1. The molecule has 0 radical (unpaired) electrons. The number of fused-ring (bicyclic) bond motifs is 1. The molecule has 1 aromatic carbocycles. The van der Waals surface area contributed by atoms with Crippen molar-refractivity contribution in [2.75, 3.05) is 6.61 Å². The molecule has 90 valence electrons. The molecule has 17 heavy (non-hydrogen) atoms. The maximum absolute atomic E-state index is 13.0. The molecule has 0 amide bonds. The Bertz CT molecular complexity index is 521. The second-order valence-electron chi connectivity index (χ2n) is 3.79. The van der Waals surface area contributed by atoms with Crippen LogP contribution in [-0.4, -0.2) is 16.7 Å². The quantitative estimate of drug-likeness (QED) is 0.823. The van der Waals surface area contributed by atoms with Crippen molar-refractivity contribution < 1.29 is 9.50 Å². The third-order valence-corrected chi connectivity index (χ3v) is 3.41. The normalized spacial score (nSPS) is 11.6. The Kier molecular flexibility index (Phi) is 4.23. The van der Waals surface area contributed by atoms with Crippen LogP contribution in [0.2, 0.25) is 0 Å². The summed E-state index contributed by atoms with van der Waals surface area (Å²) in [6, 6.07) is 4.66. The molecular formula is C13H14FNOS. The summed E-state index contributed by atoms with van der Waals surface area (Å²) in [6.07, 6.45) is 6.75. The summed E-state index contributed by atoms with van der Waals surface area (Å²) < 4.78 is 14.0. The van der Waals surface area contributed by atoms with Crippen LogP contribution in [0.4, 0.5) is 4.39 Å². The van der Waals surface area contributed by atoms with Gasteiger partial charge in [0.05, 0.1) is 10.2 Å². The molecule has 2 nitrogen and oxygen atoms in total. The van der Waals surface area contributed by atoms with Crippen molar-refractivity contribution in [2.45, 2.75) is 19.3 Å². The molecule has 2 aromatic rings. The van der Waals surface area contributed by atoms with E-state index in [1.807, 2.05) is 12.2 Å². The number of benzene rings is 1. The Morgan fingerprint density at radius 1 is 1.35 bits per heavy atom. The van der Waals surface area contributed by atoms with Crippen LogP contribution in [-0.2, 0) is 0 Å². The molecule has 0 aliphatic heterocycles. The van der Waals surface area contributed by atoms with E-state index in [-0.39, 0.29) is 12.4 Å². The zero-order valence-corrected chi connectivity index (χ0v) is 10.2. The Hall–Kier alpha value is -1.26. The largest absolute Gasteiger partial charge is 0.396 e. The molecule has 0 fully saturated rings. The van der Waals surface area contributed by atoms with Gasteiger partial charge in [0.25, 0.3) is 0 Å². The lowest BCUT2D eigenvalue weighted by Gasteiger charge is -1.90. The minimum atomic E-state index is -0.249. The fourth-order valence-electron chi connectivity index (χ4n) is 1.55. The standard InChI is InChI=1S/C13H14FNOS/c14-10-6-7-12-11(9-10)15-13(17-12)5-3-1-2-4-8-16/h3,5-7,9,16H,1-2,4,8H2. The first kappa shape index (κ1) is 12.2. The summed E-state index contributed by atoms with van der Waals surface area (Å²) in [6.45, 7) is 0.244. The lowest BCUT2D eigenvalue weighted by molar-refractivity contribution is 0.285. The van der Waals surface area contributed by atoms with Gasteiger partial charge >= 0.3 is 0 Å². The summed E-state index contributed by atoms with van der Waals surface area (Å²) in [7, 11) is 0. The summed E-state index contributed by atoms with van der Waals surface area (Å²) in [4.78, 5) is 4.33. The summed E-state index contributed by atoms with van der Waals surface area (Å²) in [5, 5.41) is 9.53. The van der Waals surface area contributed by atoms with E-state index < -0.39 is 0 Å². The van der Waals surface area contributed by atoms with Crippen molar-refractivity contribution >= 4 is 27.6 Å². The molecule has 0 spiro atoms. The predicted octanol–water partition coefficient (Wildman–Crippen LogP) is 3.61. The molecule has 1 aromatic heterocycles. The molecule has 1 N–H and O–H groups in total. The van der Waals surface area contributed by atoms with Gasteiger partial charge < -0.3 is 5.11 Å². The minimum absolute atomic E-state index is 0.244. The Labute approximate surface area is 103 Å². The zero-order chi connectivity index (χ0) is 12.1. The van der Waals surface area contributed by atoms with Gasteiger partial charge in [0.2, 0.25) is 0 Å². The van der Waals surface area contributed by atoms with Crippen molar-refractivity contribution in [2.24, 2.45) is 0 Å². The molecular weight excluding hydrogens is 237 g/mol. The van der Waals surface area contributed by atoms with Crippen LogP contribution in [0.1, 0.15) is 24.3 Å². The first-order valence-electron chi connectivity index (χ1n) is 5.63. The number of thiazole rings is 1. The van der Waals surface area contributed by atoms with E-state index in [2.05, 4.69) is 4.98 Å². The highest BCUT2D eigenvalue weighted by Crippen LogP contribution is 2.23. The van der Waals surface area contributed by atoms with Crippen molar-refractivity contribution in [3.8, 4) is 0 Å². The average molecular weight is 251 g/mol. The number of nitrogens with zero attached hydrogens (tertiary/aromatic N) is 1. The van der Waals surface area contributed by atoms with Gasteiger partial charge in [-0.25, -0.2) is 9.37 Å². The second kappa shape index (κ2) is 5.89. The maximum Gasteiger partial charge on any atom is 0.125 e. The molecule has 4 heteroatoms. The van der Waals surface area contributed by atoms with Crippen molar-refractivity contribution in [3.05, 3.63) is 35.1 Å². The van der Waals surface area contributed by atoms with Crippen LogP contribution < -0.4 is 0 Å². The van der Waals surface area contributed by atoms with Gasteiger partial charge in [-0.15, -0.1) is 11.3 Å². The van der Waals surface area contributed by atoms with Crippen molar-refractivity contribution in [1.29, 1.82) is 0 Å². The summed E-state index contributed by atoms with van der Waals surface area (Å²) >= 11 is 1.56. The monoisotopic (exact) mass is 251 g/mol. The average Bonchev–Trinajstić information content (AvgIpc) is 2.70. The number of aromatic nitrogens is 1. The number of rotatable bonds is 5. The Morgan fingerprint density at radius 3 is 3.06 bits per heavy atom. The lowest BCUT2D eigenvalue weighted by atomic mass is 10.2. The van der Waals surface area contributed by atoms with E-state index in [0.717, 1.165) is 29.0 Å². The van der Waals surface area contributed by atoms with E-state index in [1.165, 1.54) is 12.1 Å². The SMILES string of the molecule is OCCCCC=Cc1nc2cc(F)ccc2s1. The molecule has 0 aliphatic rings. The highest BCUT2D eigenvalue weighted by atomic mass is 32.1. The van der Waals surface area contributed by atoms with Crippen LogP contribution in [0.15, 0.2) is 24.3 Å². The number of unbranched alkanes of at least 4 members (excludes halogenated alkanes) is 2. The molecule has 1 heterocycles. The smallest absolute Gasteiger partial charge is 0.125 e. The number of hydrogen-bond donors (Lipinski definition) is 1. The van der Waals surface area contributed by atoms with Crippen LogP contribution in [0.3, 0.4) is 0 Å². The number of aliphatic hydroxyl groups excluding tert-OH is 1.